The number of anilines is 2. The number of amides is 1. The van der Waals surface area contributed by atoms with Crippen LogP contribution in [-0.2, 0) is 0 Å². The van der Waals surface area contributed by atoms with Gasteiger partial charge in [-0.2, -0.15) is 0 Å². The first-order valence-electron chi connectivity index (χ1n) is 6.92. The van der Waals surface area contributed by atoms with E-state index in [4.69, 9.17) is 0 Å². The number of hydrogen-bond acceptors (Lipinski definition) is 3. The Bertz CT molecular complexity index is 609. The molecule has 5 heteroatoms. The Morgan fingerprint density at radius 1 is 1.24 bits per heavy atom. The first-order chi connectivity index (χ1) is 10.1. The lowest BCUT2D eigenvalue weighted by Gasteiger charge is -2.20. The molecule has 0 aliphatic carbocycles. The summed E-state index contributed by atoms with van der Waals surface area (Å²) >= 11 is 3.38. The van der Waals surface area contributed by atoms with Gasteiger partial charge in [-0.3, -0.25) is 4.79 Å². The molecule has 0 saturated carbocycles. The quantitative estimate of drug-likeness (QED) is 0.890. The number of carbonyl (C=O) groups is 1. The molecule has 0 bridgehead atoms. The monoisotopic (exact) mass is 347 g/mol. The summed E-state index contributed by atoms with van der Waals surface area (Å²) in [7, 11) is 0. The van der Waals surface area contributed by atoms with Crippen molar-refractivity contribution in [3.63, 3.8) is 0 Å². The lowest BCUT2D eigenvalue weighted by Crippen LogP contribution is -2.22. The predicted octanol–water partition coefficient (Wildman–Crippen LogP) is 3.94. The number of rotatable bonds is 5. The zero-order valence-corrected chi connectivity index (χ0v) is 13.7. The summed E-state index contributed by atoms with van der Waals surface area (Å²) in [5.41, 5.74) is 2.17. The first kappa shape index (κ1) is 15.5. The molecule has 1 aromatic heterocycles. The highest BCUT2D eigenvalue weighted by Crippen LogP contribution is 2.17. The van der Waals surface area contributed by atoms with E-state index in [0.29, 0.717) is 5.69 Å². The molecular formula is C16H18BrN3O. The average molecular weight is 348 g/mol. The van der Waals surface area contributed by atoms with Crippen molar-refractivity contribution in [3.8, 4) is 0 Å². The van der Waals surface area contributed by atoms with Crippen molar-refractivity contribution in [1.82, 2.24) is 4.98 Å². The summed E-state index contributed by atoms with van der Waals surface area (Å²) in [6.45, 7) is 6.03. The fourth-order valence-corrected chi connectivity index (χ4v) is 2.46. The van der Waals surface area contributed by atoms with Gasteiger partial charge in [-0.1, -0.05) is 22.0 Å². The fourth-order valence-electron chi connectivity index (χ4n) is 2.06. The lowest BCUT2D eigenvalue weighted by atomic mass is 10.2. The minimum absolute atomic E-state index is 0.209. The van der Waals surface area contributed by atoms with Gasteiger partial charge in [0.2, 0.25) is 0 Å². The van der Waals surface area contributed by atoms with Crippen LogP contribution in [0.3, 0.4) is 0 Å². The zero-order valence-electron chi connectivity index (χ0n) is 12.1. The van der Waals surface area contributed by atoms with Crippen molar-refractivity contribution in [3.05, 3.63) is 52.8 Å². The van der Waals surface area contributed by atoms with Crippen LogP contribution in [-0.4, -0.2) is 24.0 Å². The van der Waals surface area contributed by atoms with Crippen LogP contribution in [0, 0.1) is 0 Å². The van der Waals surface area contributed by atoms with Crippen LogP contribution in [0.2, 0.25) is 0 Å². The molecular weight excluding hydrogens is 330 g/mol. The van der Waals surface area contributed by atoms with E-state index in [0.717, 1.165) is 28.9 Å². The van der Waals surface area contributed by atoms with E-state index >= 15 is 0 Å². The van der Waals surface area contributed by atoms with Crippen molar-refractivity contribution in [1.29, 1.82) is 0 Å². The second-order valence-corrected chi connectivity index (χ2v) is 5.45. The van der Waals surface area contributed by atoms with Crippen LogP contribution in [0.25, 0.3) is 0 Å². The lowest BCUT2D eigenvalue weighted by molar-refractivity contribution is 0.102. The molecule has 0 saturated heterocycles. The van der Waals surface area contributed by atoms with Gasteiger partial charge in [-0.15, -0.1) is 0 Å². The van der Waals surface area contributed by atoms with E-state index in [1.807, 2.05) is 30.3 Å². The Labute approximate surface area is 133 Å². The van der Waals surface area contributed by atoms with Crippen LogP contribution in [0.15, 0.2) is 47.1 Å². The van der Waals surface area contributed by atoms with Gasteiger partial charge >= 0.3 is 0 Å². The molecule has 1 aromatic carbocycles. The fraction of sp³-hybridized carbons (Fsp3) is 0.250. The molecule has 2 rings (SSSR count). The summed E-state index contributed by atoms with van der Waals surface area (Å²) in [5, 5.41) is 2.83. The number of pyridine rings is 1. The standard InChI is InChI=1S/C16H18BrN3O/c1-3-20(4-2)14-8-9-15(18-11-14)16(21)19-13-7-5-6-12(17)10-13/h5-11H,3-4H2,1-2H3,(H,19,21). The van der Waals surface area contributed by atoms with Gasteiger partial charge in [0, 0.05) is 23.2 Å². The maximum absolute atomic E-state index is 12.1. The van der Waals surface area contributed by atoms with Gasteiger partial charge in [-0.25, -0.2) is 4.98 Å². The molecule has 0 aliphatic rings. The molecule has 0 atom stereocenters. The van der Waals surface area contributed by atoms with Gasteiger partial charge < -0.3 is 10.2 Å². The Hall–Kier alpha value is -1.88. The smallest absolute Gasteiger partial charge is 0.274 e. The third-order valence-corrected chi connectivity index (χ3v) is 3.68. The molecule has 2 aromatic rings. The van der Waals surface area contributed by atoms with Gasteiger partial charge in [-0.05, 0) is 44.2 Å². The maximum Gasteiger partial charge on any atom is 0.274 e. The van der Waals surface area contributed by atoms with Gasteiger partial charge in [0.15, 0.2) is 0 Å². The number of hydrogen-bond donors (Lipinski definition) is 1. The Morgan fingerprint density at radius 2 is 2.00 bits per heavy atom. The van der Waals surface area contributed by atoms with Crippen molar-refractivity contribution < 1.29 is 4.79 Å². The molecule has 1 heterocycles. The Morgan fingerprint density at radius 3 is 2.57 bits per heavy atom. The summed E-state index contributed by atoms with van der Waals surface area (Å²) in [6.07, 6.45) is 1.74. The average Bonchev–Trinajstić information content (AvgIpc) is 2.49. The molecule has 1 N–H and O–H groups in total. The van der Waals surface area contributed by atoms with E-state index in [1.54, 1.807) is 12.3 Å². The van der Waals surface area contributed by atoms with E-state index in [1.165, 1.54) is 0 Å². The largest absolute Gasteiger partial charge is 0.371 e. The van der Waals surface area contributed by atoms with E-state index in [9.17, 15) is 4.79 Å². The van der Waals surface area contributed by atoms with Gasteiger partial charge in [0.25, 0.3) is 5.91 Å². The summed E-state index contributed by atoms with van der Waals surface area (Å²) in [4.78, 5) is 18.6. The number of halogens is 1. The molecule has 21 heavy (non-hydrogen) atoms. The normalized spacial score (nSPS) is 10.2. The van der Waals surface area contributed by atoms with Crippen LogP contribution >= 0.6 is 15.9 Å². The highest BCUT2D eigenvalue weighted by molar-refractivity contribution is 9.10. The van der Waals surface area contributed by atoms with Gasteiger partial charge in [0.1, 0.15) is 5.69 Å². The number of carbonyl (C=O) groups excluding carboxylic acids is 1. The molecule has 110 valence electrons. The first-order valence-corrected chi connectivity index (χ1v) is 7.71. The van der Waals surface area contributed by atoms with Crippen molar-refractivity contribution >= 4 is 33.2 Å². The Kier molecular flexibility index (Phi) is 5.33. The van der Waals surface area contributed by atoms with E-state index in [2.05, 4.69) is 45.0 Å². The minimum atomic E-state index is -0.209. The predicted molar refractivity (Wildman–Crippen MR) is 89.9 cm³/mol. The van der Waals surface area contributed by atoms with Crippen LogP contribution in [0.5, 0.6) is 0 Å². The molecule has 1 amide bonds. The van der Waals surface area contributed by atoms with Crippen molar-refractivity contribution in [2.75, 3.05) is 23.3 Å². The van der Waals surface area contributed by atoms with Crippen molar-refractivity contribution in [2.45, 2.75) is 13.8 Å². The summed E-state index contributed by atoms with van der Waals surface area (Å²) in [5.74, 6) is -0.209. The van der Waals surface area contributed by atoms with E-state index < -0.39 is 0 Å². The third-order valence-electron chi connectivity index (χ3n) is 3.19. The van der Waals surface area contributed by atoms with E-state index in [-0.39, 0.29) is 5.91 Å². The maximum atomic E-state index is 12.1. The Balaban J connectivity index is 2.09. The minimum Gasteiger partial charge on any atom is -0.371 e. The second kappa shape index (κ2) is 7.22. The van der Waals surface area contributed by atoms with Crippen LogP contribution < -0.4 is 10.2 Å². The SMILES string of the molecule is CCN(CC)c1ccc(C(=O)Nc2cccc(Br)c2)nc1. The molecule has 0 fully saturated rings. The third kappa shape index (κ3) is 4.04. The number of aromatic nitrogens is 1. The second-order valence-electron chi connectivity index (χ2n) is 4.54. The highest BCUT2D eigenvalue weighted by Gasteiger charge is 2.09. The number of benzene rings is 1. The van der Waals surface area contributed by atoms with Crippen LogP contribution in [0.1, 0.15) is 24.3 Å². The zero-order chi connectivity index (χ0) is 15.2. The molecule has 4 nitrogen and oxygen atoms in total. The molecule has 0 spiro atoms. The number of nitrogens with one attached hydrogen (secondary N) is 1. The summed E-state index contributed by atoms with van der Waals surface area (Å²) < 4.78 is 0.921. The number of nitrogens with zero attached hydrogens (tertiary/aromatic N) is 2. The highest BCUT2D eigenvalue weighted by atomic mass is 79.9. The summed E-state index contributed by atoms with van der Waals surface area (Å²) in [6, 6.07) is 11.1. The van der Waals surface area contributed by atoms with Crippen molar-refractivity contribution in [2.24, 2.45) is 0 Å². The molecule has 0 unspecified atom stereocenters. The molecule has 0 radical (unpaired) electrons. The van der Waals surface area contributed by atoms with Crippen LogP contribution in [0.4, 0.5) is 11.4 Å². The molecule has 0 aliphatic heterocycles. The topological polar surface area (TPSA) is 45.2 Å². The van der Waals surface area contributed by atoms with Gasteiger partial charge in [0.05, 0.1) is 11.9 Å².